The molecule has 0 atom stereocenters. The molecule has 0 spiro atoms. The molecular weight excluding hydrogens is 176 g/mol. The van der Waals surface area contributed by atoms with Crippen LogP contribution in [0.15, 0.2) is 0 Å². The van der Waals surface area contributed by atoms with Gasteiger partial charge in [0.25, 0.3) is 0 Å². The van der Waals surface area contributed by atoms with E-state index in [1.54, 1.807) is 0 Å². The summed E-state index contributed by atoms with van der Waals surface area (Å²) in [4.78, 5) is 2.23. The Morgan fingerprint density at radius 2 is 2.36 bits per heavy atom. The summed E-state index contributed by atoms with van der Waals surface area (Å²) >= 11 is 0. The van der Waals surface area contributed by atoms with Crippen LogP contribution in [0.5, 0.6) is 0 Å². The molecule has 1 aromatic rings. The minimum Gasteiger partial charge on any atom is -0.300 e. The molecule has 4 nitrogen and oxygen atoms in total. The van der Waals surface area contributed by atoms with Crippen LogP contribution in [0, 0.1) is 11.3 Å². The lowest BCUT2D eigenvalue weighted by molar-refractivity contribution is 0.308. The molecule has 2 rings (SSSR count). The highest BCUT2D eigenvalue weighted by Gasteiger charge is 2.21. The molecule has 0 unspecified atom stereocenters. The number of fused-ring (bicyclic) bond motifs is 1. The lowest BCUT2D eigenvalue weighted by atomic mass is 10.1. The summed E-state index contributed by atoms with van der Waals surface area (Å²) in [5.74, 6) is 0. The van der Waals surface area contributed by atoms with Gasteiger partial charge >= 0.3 is 0 Å². The second-order valence-corrected chi connectivity index (χ2v) is 3.69. The molecule has 0 fully saturated rings. The van der Waals surface area contributed by atoms with E-state index in [1.807, 2.05) is 11.6 Å². The van der Waals surface area contributed by atoms with E-state index in [4.69, 9.17) is 5.26 Å². The maximum atomic E-state index is 9.04. The molecule has 1 aromatic heterocycles. The van der Waals surface area contributed by atoms with Crippen LogP contribution in [0.25, 0.3) is 0 Å². The molecule has 0 bridgehead atoms. The predicted octanol–water partition coefficient (Wildman–Crippen LogP) is 0.763. The van der Waals surface area contributed by atoms with Crippen molar-refractivity contribution in [1.29, 1.82) is 5.26 Å². The molecular formula is C10H14N4. The molecule has 14 heavy (non-hydrogen) atoms. The van der Waals surface area contributed by atoms with E-state index in [1.165, 1.54) is 0 Å². The Morgan fingerprint density at radius 1 is 1.57 bits per heavy atom. The van der Waals surface area contributed by atoms with Crippen LogP contribution in [0.4, 0.5) is 0 Å². The predicted molar refractivity (Wildman–Crippen MR) is 52.7 cm³/mol. The molecule has 1 aliphatic heterocycles. The minimum absolute atomic E-state index is 0.760. The van der Waals surface area contributed by atoms with E-state index in [9.17, 15) is 0 Å². The van der Waals surface area contributed by atoms with E-state index in [-0.39, 0.29) is 0 Å². The van der Waals surface area contributed by atoms with Gasteiger partial charge in [0.05, 0.1) is 5.69 Å². The van der Waals surface area contributed by atoms with Gasteiger partial charge in [-0.3, -0.25) is 4.68 Å². The monoisotopic (exact) mass is 190 g/mol. The molecule has 0 aromatic carbocycles. The zero-order valence-electron chi connectivity index (χ0n) is 8.62. The third kappa shape index (κ3) is 1.30. The molecule has 0 saturated carbocycles. The Balaban J connectivity index is 2.47. The highest BCUT2D eigenvalue weighted by molar-refractivity contribution is 5.37. The van der Waals surface area contributed by atoms with E-state index in [0.717, 1.165) is 43.0 Å². The first-order chi connectivity index (χ1) is 6.76. The fourth-order valence-electron chi connectivity index (χ4n) is 1.93. The van der Waals surface area contributed by atoms with Crippen LogP contribution in [-0.4, -0.2) is 28.3 Å². The van der Waals surface area contributed by atoms with Crippen molar-refractivity contribution in [3.05, 3.63) is 17.0 Å². The topological polar surface area (TPSA) is 44.9 Å². The summed E-state index contributed by atoms with van der Waals surface area (Å²) in [6.07, 6.45) is 0.953. The number of rotatable bonds is 1. The van der Waals surface area contributed by atoms with Crippen LogP contribution in [0.2, 0.25) is 0 Å². The summed E-state index contributed by atoms with van der Waals surface area (Å²) in [5.41, 5.74) is 3.00. The van der Waals surface area contributed by atoms with Gasteiger partial charge in [0.1, 0.15) is 11.8 Å². The summed E-state index contributed by atoms with van der Waals surface area (Å²) < 4.78 is 1.81. The second kappa shape index (κ2) is 3.43. The number of hydrogen-bond acceptors (Lipinski definition) is 3. The van der Waals surface area contributed by atoms with Gasteiger partial charge in [-0.25, -0.2) is 0 Å². The Kier molecular flexibility index (Phi) is 2.26. The number of nitrogens with zero attached hydrogens (tertiary/aromatic N) is 4. The highest BCUT2D eigenvalue weighted by Crippen LogP contribution is 2.20. The van der Waals surface area contributed by atoms with Crippen molar-refractivity contribution in [2.24, 2.45) is 0 Å². The molecule has 0 saturated heterocycles. The van der Waals surface area contributed by atoms with Crippen molar-refractivity contribution in [2.45, 2.75) is 26.4 Å². The molecule has 4 heteroatoms. The Hall–Kier alpha value is -1.34. The standard InChI is InChI=1S/C10H14N4/c1-3-14-10(6-11)8-4-5-13(2)7-9(8)12-14/h3-5,7H2,1-2H3. The van der Waals surface area contributed by atoms with E-state index >= 15 is 0 Å². The zero-order chi connectivity index (χ0) is 10.1. The Morgan fingerprint density at radius 3 is 3.00 bits per heavy atom. The third-order valence-corrected chi connectivity index (χ3v) is 2.70. The SMILES string of the molecule is CCn1nc2c(c1C#N)CCN(C)C2. The number of hydrogen-bond donors (Lipinski definition) is 0. The van der Waals surface area contributed by atoms with Crippen LogP contribution >= 0.6 is 0 Å². The van der Waals surface area contributed by atoms with Gasteiger partial charge < -0.3 is 4.90 Å². The lowest BCUT2D eigenvalue weighted by Gasteiger charge is -2.20. The van der Waals surface area contributed by atoms with Crippen LogP contribution in [0.3, 0.4) is 0 Å². The first-order valence-corrected chi connectivity index (χ1v) is 4.93. The van der Waals surface area contributed by atoms with Gasteiger partial charge in [-0.05, 0) is 20.4 Å². The van der Waals surface area contributed by atoms with Crippen molar-refractivity contribution in [3.63, 3.8) is 0 Å². The molecule has 1 aliphatic rings. The molecule has 0 aliphatic carbocycles. The minimum atomic E-state index is 0.760. The summed E-state index contributed by atoms with van der Waals surface area (Å²) in [6.45, 7) is 4.69. The molecule has 0 N–H and O–H groups in total. The molecule has 0 amide bonds. The average Bonchev–Trinajstić information content (AvgIpc) is 2.54. The maximum absolute atomic E-state index is 9.04. The third-order valence-electron chi connectivity index (χ3n) is 2.70. The van der Waals surface area contributed by atoms with Crippen molar-refractivity contribution >= 4 is 0 Å². The molecule has 2 heterocycles. The number of aryl methyl sites for hydroxylation is 1. The van der Waals surface area contributed by atoms with Gasteiger partial charge in [-0.15, -0.1) is 0 Å². The van der Waals surface area contributed by atoms with Gasteiger partial charge in [0, 0.05) is 25.2 Å². The smallest absolute Gasteiger partial charge is 0.142 e. The fourth-order valence-corrected chi connectivity index (χ4v) is 1.93. The Bertz CT molecular complexity index is 386. The largest absolute Gasteiger partial charge is 0.300 e. The van der Waals surface area contributed by atoms with Crippen molar-refractivity contribution in [1.82, 2.24) is 14.7 Å². The van der Waals surface area contributed by atoms with Crippen LogP contribution < -0.4 is 0 Å². The van der Waals surface area contributed by atoms with Crippen LogP contribution in [0.1, 0.15) is 23.9 Å². The number of nitriles is 1. The van der Waals surface area contributed by atoms with Crippen molar-refractivity contribution in [2.75, 3.05) is 13.6 Å². The zero-order valence-corrected chi connectivity index (χ0v) is 8.62. The van der Waals surface area contributed by atoms with Gasteiger partial charge in [-0.2, -0.15) is 10.4 Å². The molecule has 74 valence electrons. The van der Waals surface area contributed by atoms with Crippen molar-refractivity contribution < 1.29 is 0 Å². The van der Waals surface area contributed by atoms with E-state index in [0.29, 0.717) is 0 Å². The Labute approximate surface area is 83.7 Å². The quantitative estimate of drug-likeness (QED) is 0.656. The lowest BCUT2D eigenvalue weighted by Crippen LogP contribution is -2.26. The van der Waals surface area contributed by atoms with Gasteiger partial charge in [0.2, 0.25) is 0 Å². The normalized spacial score (nSPS) is 16.4. The van der Waals surface area contributed by atoms with E-state index in [2.05, 4.69) is 23.1 Å². The number of aromatic nitrogens is 2. The first kappa shape index (κ1) is 9.22. The average molecular weight is 190 g/mol. The fraction of sp³-hybridized carbons (Fsp3) is 0.600. The number of likely N-dealkylation sites (N-methyl/N-ethyl adjacent to an activating group) is 1. The molecule has 0 radical (unpaired) electrons. The summed E-state index contributed by atoms with van der Waals surface area (Å²) in [7, 11) is 2.08. The highest BCUT2D eigenvalue weighted by atomic mass is 15.3. The summed E-state index contributed by atoms with van der Waals surface area (Å²) in [5, 5.41) is 13.5. The first-order valence-electron chi connectivity index (χ1n) is 4.93. The van der Waals surface area contributed by atoms with Crippen molar-refractivity contribution in [3.8, 4) is 6.07 Å². The maximum Gasteiger partial charge on any atom is 0.142 e. The second-order valence-electron chi connectivity index (χ2n) is 3.69. The van der Waals surface area contributed by atoms with E-state index < -0.39 is 0 Å². The summed E-state index contributed by atoms with van der Waals surface area (Å²) in [6, 6.07) is 2.25. The van der Waals surface area contributed by atoms with Gasteiger partial charge in [-0.1, -0.05) is 0 Å². The van der Waals surface area contributed by atoms with Crippen LogP contribution in [-0.2, 0) is 19.5 Å². The van der Waals surface area contributed by atoms with Gasteiger partial charge in [0.15, 0.2) is 0 Å².